The summed E-state index contributed by atoms with van der Waals surface area (Å²) >= 11 is 1.52. The van der Waals surface area contributed by atoms with E-state index in [2.05, 4.69) is 4.98 Å². The van der Waals surface area contributed by atoms with Crippen LogP contribution in [0.3, 0.4) is 0 Å². The number of rotatable bonds is 1. The van der Waals surface area contributed by atoms with Crippen molar-refractivity contribution in [3.63, 3.8) is 0 Å². The van der Waals surface area contributed by atoms with Crippen LogP contribution in [0.2, 0.25) is 0 Å². The maximum atomic E-state index is 13.8. The molecular weight excluding hydrogens is 227 g/mol. The predicted molar refractivity (Wildman–Crippen MR) is 61.7 cm³/mol. The zero-order valence-electron chi connectivity index (χ0n) is 8.11. The lowest BCUT2D eigenvalue weighted by atomic mass is 10.1. The molecule has 0 aliphatic carbocycles. The van der Waals surface area contributed by atoms with Crippen LogP contribution >= 0.6 is 11.3 Å². The minimum atomic E-state index is -0.331. The van der Waals surface area contributed by atoms with E-state index in [0.29, 0.717) is 16.7 Å². The summed E-state index contributed by atoms with van der Waals surface area (Å²) in [5.74, 6) is -0.331. The molecular formula is C11H7FN2OS. The molecule has 0 aliphatic rings. The first kappa shape index (κ1) is 9.35. The van der Waals surface area contributed by atoms with Crippen molar-refractivity contribution in [3.8, 4) is 11.1 Å². The number of nitrogen functional groups attached to an aromatic ring is 1. The maximum absolute atomic E-state index is 13.8. The van der Waals surface area contributed by atoms with Gasteiger partial charge in [0.05, 0.1) is 0 Å². The lowest BCUT2D eigenvalue weighted by Crippen LogP contribution is -1.83. The smallest absolute Gasteiger partial charge is 0.292 e. The third kappa shape index (κ3) is 1.37. The van der Waals surface area contributed by atoms with Crippen molar-refractivity contribution < 1.29 is 8.81 Å². The van der Waals surface area contributed by atoms with Gasteiger partial charge >= 0.3 is 0 Å². The second-order valence-corrected chi connectivity index (χ2v) is 4.14. The third-order valence-electron chi connectivity index (χ3n) is 2.33. The van der Waals surface area contributed by atoms with Gasteiger partial charge in [0.2, 0.25) is 0 Å². The number of thiophene rings is 1. The van der Waals surface area contributed by atoms with Gasteiger partial charge in [-0.25, -0.2) is 4.39 Å². The van der Waals surface area contributed by atoms with Crippen LogP contribution < -0.4 is 5.73 Å². The molecule has 2 aromatic heterocycles. The first-order valence-corrected chi connectivity index (χ1v) is 5.56. The number of fused-ring (bicyclic) bond motifs is 1. The van der Waals surface area contributed by atoms with E-state index in [4.69, 9.17) is 10.2 Å². The number of hydrogen-bond acceptors (Lipinski definition) is 4. The number of nitrogens with two attached hydrogens (primary N) is 1. The predicted octanol–water partition coefficient (Wildman–Crippen LogP) is 3.28. The zero-order valence-corrected chi connectivity index (χ0v) is 8.92. The monoisotopic (exact) mass is 234 g/mol. The van der Waals surface area contributed by atoms with Crippen LogP contribution in [-0.2, 0) is 0 Å². The van der Waals surface area contributed by atoms with Crippen LogP contribution in [-0.4, -0.2) is 4.98 Å². The highest BCUT2D eigenvalue weighted by Crippen LogP contribution is 2.29. The van der Waals surface area contributed by atoms with Crippen molar-refractivity contribution in [1.29, 1.82) is 0 Å². The summed E-state index contributed by atoms with van der Waals surface area (Å²) in [5.41, 5.74) is 7.70. The molecule has 0 saturated carbocycles. The number of benzene rings is 1. The Morgan fingerprint density at radius 3 is 3.00 bits per heavy atom. The van der Waals surface area contributed by atoms with E-state index in [1.54, 1.807) is 6.07 Å². The van der Waals surface area contributed by atoms with E-state index in [9.17, 15) is 4.39 Å². The Morgan fingerprint density at radius 2 is 2.25 bits per heavy atom. The van der Waals surface area contributed by atoms with E-state index in [1.165, 1.54) is 17.4 Å². The van der Waals surface area contributed by atoms with Gasteiger partial charge in [-0.15, -0.1) is 0 Å². The lowest BCUT2D eigenvalue weighted by Gasteiger charge is -1.99. The van der Waals surface area contributed by atoms with Gasteiger partial charge in [-0.05, 0) is 28.5 Å². The number of oxazole rings is 1. The highest BCUT2D eigenvalue weighted by molar-refractivity contribution is 7.08. The topological polar surface area (TPSA) is 52.0 Å². The maximum Gasteiger partial charge on any atom is 0.292 e. The van der Waals surface area contributed by atoms with Gasteiger partial charge in [0, 0.05) is 11.6 Å². The minimum absolute atomic E-state index is 0.0527. The van der Waals surface area contributed by atoms with Crippen molar-refractivity contribution in [2.45, 2.75) is 0 Å². The Kier molecular flexibility index (Phi) is 1.94. The van der Waals surface area contributed by atoms with Gasteiger partial charge < -0.3 is 10.2 Å². The molecule has 0 spiro atoms. The second-order valence-electron chi connectivity index (χ2n) is 3.36. The number of hydrogen-bond donors (Lipinski definition) is 1. The fourth-order valence-corrected chi connectivity index (χ4v) is 2.26. The zero-order chi connectivity index (χ0) is 11.1. The fourth-order valence-electron chi connectivity index (χ4n) is 1.61. The molecule has 5 heteroatoms. The standard InChI is InChI=1S/C11H7FN2OS/c12-8-4-10-9(14-11(13)15-10)3-7(8)6-1-2-16-5-6/h1-5H,(H2,13,14). The average Bonchev–Trinajstić information content (AvgIpc) is 2.83. The van der Waals surface area contributed by atoms with Crippen LogP contribution in [0.4, 0.5) is 10.4 Å². The first-order valence-electron chi connectivity index (χ1n) is 4.62. The van der Waals surface area contributed by atoms with Crippen LogP contribution in [0.1, 0.15) is 0 Å². The largest absolute Gasteiger partial charge is 0.424 e. The van der Waals surface area contributed by atoms with Crippen molar-refractivity contribution in [2.75, 3.05) is 5.73 Å². The Bertz CT molecular complexity index is 645. The molecule has 2 N–H and O–H groups in total. The average molecular weight is 234 g/mol. The third-order valence-corrected chi connectivity index (χ3v) is 3.01. The highest BCUT2D eigenvalue weighted by atomic mass is 32.1. The minimum Gasteiger partial charge on any atom is -0.424 e. The van der Waals surface area contributed by atoms with Crippen LogP contribution in [0.15, 0.2) is 33.4 Å². The van der Waals surface area contributed by atoms with E-state index >= 15 is 0 Å². The Balaban J connectivity index is 2.29. The molecule has 0 bridgehead atoms. The molecule has 0 unspecified atom stereocenters. The van der Waals surface area contributed by atoms with Gasteiger partial charge in [-0.3, -0.25) is 0 Å². The molecule has 0 fully saturated rings. The molecule has 2 heterocycles. The molecule has 0 radical (unpaired) electrons. The Hall–Kier alpha value is -1.88. The number of nitrogens with zero attached hydrogens (tertiary/aromatic N) is 1. The number of halogens is 1. The van der Waals surface area contributed by atoms with E-state index in [1.807, 2.05) is 16.8 Å². The van der Waals surface area contributed by atoms with Gasteiger partial charge in [0.25, 0.3) is 6.01 Å². The molecule has 16 heavy (non-hydrogen) atoms. The molecule has 0 saturated heterocycles. The summed E-state index contributed by atoms with van der Waals surface area (Å²) in [6, 6.07) is 4.87. The molecule has 80 valence electrons. The quantitative estimate of drug-likeness (QED) is 0.703. The fraction of sp³-hybridized carbons (Fsp3) is 0. The number of anilines is 1. The molecule has 0 atom stereocenters. The molecule has 3 rings (SSSR count). The van der Waals surface area contributed by atoms with Crippen LogP contribution in [0, 0.1) is 5.82 Å². The van der Waals surface area contributed by atoms with Crippen molar-refractivity contribution in [1.82, 2.24) is 4.98 Å². The SMILES string of the molecule is Nc1nc2cc(-c3ccsc3)c(F)cc2o1. The summed E-state index contributed by atoms with van der Waals surface area (Å²) in [4.78, 5) is 3.97. The van der Waals surface area contributed by atoms with Crippen molar-refractivity contribution in [3.05, 3.63) is 34.8 Å². The Morgan fingerprint density at radius 1 is 1.38 bits per heavy atom. The van der Waals surface area contributed by atoms with Crippen LogP contribution in [0.5, 0.6) is 0 Å². The van der Waals surface area contributed by atoms with Gasteiger partial charge in [-0.2, -0.15) is 16.3 Å². The van der Waals surface area contributed by atoms with Gasteiger partial charge in [0.1, 0.15) is 11.3 Å². The Labute approximate surface area is 94.3 Å². The summed E-state index contributed by atoms with van der Waals surface area (Å²) in [6.07, 6.45) is 0. The molecule has 3 nitrogen and oxygen atoms in total. The van der Waals surface area contributed by atoms with E-state index in [-0.39, 0.29) is 11.8 Å². The van der Waals surface area contributed by atoms with E-state index in [0.717, 1.165) is 5.56 Å². The van der Waals surface area contributed by atoms with Crippen LogP contribution in [0.25, 0.3) is 22.2 Å². The van der Waals surface area contributed by atoms with Gasteiger partial charge in [0.15, 0.2) is 5.58 Å². The summed E-state index contributed by atoms with van der Waals surface area (Å²) in [7, 11) is 0. The van der Waals surface area contributed by atoms with E-state index < -0.39 is 0 Å². The highest BCUT2D eigenvalue weighted by Gasteiger charge is 2.11. The molecule has 0 aliphatic heterocycles. The van der Waals surface area contributed by atoms with Gasteiger partial charge in [-0.1, -0.05) is 0 Å². The molecule has 3 aromatic rings. The lowest BCUT2D eigenvalue weighted by molar-refractivity contribution is 0.607. The number of aromatic nitrogens is 1. The molecule has 0 amide bonds. The summed E-state index contributed by atoms with van der Waals surface area (Å²) in [5, 5.41) is 3.78. The van der Waals surface area contributed by atoms with Crippen molar-refractivity contribution in [2.24, 2.45) is 0 Å². The second kappa shape index (κ2) is 3.31. The summed E-state index contributed by atoms with van der Waals surface area (Å²) < 4.78 is 18.8. The van der Waals surface area contributed by atoms with Crippen molar-refractivity contribution >= 4 is 28.5 Å². The normalized spacial score (nSPS) is 11.1. The summed E-state index contributed by atoms with van der Waals surface area (Å²) in [6.45, 7) is 0. The first-order chi connectivity index (χ1) is 7.74. The molecule has 1 aromatic carbocycles.